The molecule has 21 heavy (non-hydrogen) atoms. The van der Waals surface area contributed by atoms with Crippen LogP contribution in [0.4, 0.5) is 0 Å². The van der Waals surface area contributed by atoms with Crippen LogP contribution in [-0.4, -0.2) is 61.6 Å². The predicted octanol–water partition coefficient (Wildman–Crippen LogP) is 1.03. The number of likely N-dealkylation sites (N-methyl/N-ethyl adjacent to an activating group) is 1. The van der Waals surface area contributed by atoms with Crippen LogP contribution >= 0.6 is 11.6 Å². The smallest absolute Gasteiger partial charge is 0.243 e. The molecular weight excluding hydrogens is 312 g/mol. The minimum absolute atomic E-state index is 0.112. The number of halogens is 1. The molecule has 0 radical (unpaired) electrons. The predicted molar refractivity (Wildman–Crippen MR) is 80.8 cm³/mol. The molecular formula is C14H19ClN2O3S. The van der Waals surface area contributed by atoms with Gasteiger partial charge in [0.1, 0.15) is 0 Å². The van der Waals surface area contributed by atoms with Gasteiger partial charge < -0.3 is 5.11 Å². The summed E-state index contributed by atoms with van der Waals surface area (Å²) in [5, 5.41) is 9.72. The number of sulfonamides is 1. The van der Waals surface area contributed by atoms with E-state index in [1.165, 1.54) is 10.4 Å². The molecule has 0 bridgehead atoms. The molecule has 2 heterocycles. The summed E-state index contributed by atoms with van der Waals surface area (Å²) in [6.07, 6.45) is 0.849. The van der Waals surface area contributed by atoms with Crippen molar-refractivity contribution >= 4 is 21.6 Å². The molecule has 0 saturated carbocycles. The third-order valence-electron chi connectivity index (χ3n) is 4.64. The molecule has 2 fully saturated rings. The van der Waals surface area contributed by atoms with Gasteiger partial charge in [-0.05, 0) is 37.6 Å². The van der Waals surface area contributed by atoms with Crippen molar-refractivity contribution in [3.63, 3.8) is 0 Å². The second-order valence-electron chi connectivity index (χ2n) is 6.09. The van der Waals surface area contributed by atoms with Gasteiger partial charge in [0, 0.05) is 36.8 Å². The number of benzene rings is 1. The van der Waals surface area contributed by atoms with E-state index < -0.39 is 10.0 Å². The van der Waals surface area contributed by atoms with Crippen molar-refractivity contribution in [3.05, 3.63) is 29.3 Å². The van der Waals surface area contributed by atoms with Crippen LogP contribution in [0.3, 0.4) is 0 Å². The molecule has 1 N–H and O–H groups in total. The van der Waals surface area contributed by atoms with Crippen LogP contribution in [0.2, 0.25) is 5.02 Å². The summed E-state index contributed by atoms with van der Waals surface area (Å²) in [4.78, 5) is 2.42. The van der Waals surface area contributed by atoms with E-state index in [1.807, 2.05) is 7.05 Å². The van der Waals surface area contributed by atoms with Gasteiger partial charge in [-0.3, -0.25) is 4.90 Å². The molecule has 5 nitrogen and oxygen atoms in total. The first-order valence-corrected chi connectivity index (χ1v) is 8.77. The van der Waals surface area contributed by atoms with E-state index >= 15 is 0 Å². The maximum atomic E-state index is 12.6. The Morgan fingerprint density at radius 3 is 2.71 bits per heavy atom. The van der Waals surface area contributed by atoms with Gasteiger partial charge in [-0.25, -0.2) is 8.42 Å². The molecule has 1 spiro atoms. The lowest BCUT2D eigenvalue weighted by Gasteiger charge is -2.50. The minimum Gasteiger partial charge on any atom is -0.396 e. The monoisotopic (exact) mass is 330 g/mol. The number of rotatable bonds is 3. The molecule has 1 atom stereocenters. The number of nitrogens with zero attached hydrogens (tertiary/aromatic N) is 2. The van der Waals surface area contributed by atoms with Crippen molar-refractivity contribution in [2.45, 2.75) is 16.9 Å². The quantitative estimate of drug-likeness (QED) is 0.899. The van der Waals surface area contributed by atoms with Gasteiger partial charge in [0.05, 0.1) is 4.90 Å². The molecule has 0 amide bonds. The molecule has 116 valence electrons. The molecule has 2 aliphatic rings. The summed E-state index contributed by atoms with van der Waals surface area (Å²) >= 11 is 5.88. The molecule has 0 aliphatic carbocycles. The topological polar surface area (TPSA) is 60.9 Å². The highest BCUT2D eigenvalue weighted by Crippen LogP contribution is 2.41. The van der Waals surface area contributed by atoms with E-state index in [0.717, 1.165) is 13.0 Å². The Kier molecular flexibility index (Phi) is 3.78. The summed E-state index contributed by atoms with van der Waals surface area (Å²) < 4.78 is 26.6. The Morgan fingerprint density at radius 2 is 2.14 bits per heavy atom. The molecule has 0 aromatic heterocycles. The van der Waals surface area contributed by atoms with Crippen molar-refractivity contribution in [2.75, 3.05) is 33.3 Å². The van der Waals surface area contributed by atoms with Crippen molar-refractivity contribution in [1.29, 1.82) is 0 Å². The standard InChI is InChI=1S/C14H19ClN2O3S/c1-16-7-11(8-18)6-14(16)9-17(10-14)21(19,20)13-4-2-3-12(15)5-13/h2-5,11,18H,6-10H2,1H3/t11-/m1/s1. The number of likely N-dealkylation sites (tertiary alicyclic amines) is 1. The number of aliphatic hydroxyl groups excluding tert-OH is 1. The SMILES string of the molecule is CN1C[C@H](CO)CC12CN(S(=O)(=O)c1cccc(Cl)c1)C2. The molecule has 2 aliphatic heterocycles. The third-order valence-corrected chi connectivity index (χ3v) is 6.67. The maximum Gasteiger partial charge on any atom is 0.243 e. The van der Waals surface area contributed by atoms with Crippen molar-refractivity contribution in [2.24, 2.45) is 5.92 Å². The number of hydrogen-bond donors (Lipinski definition) is 1. The average molecular weight is 331 g/mol. The molecule has 1 aromatic rings. The Morgan fingerprint density at radius 1 is 1.43 bits per heavy atom. The fourth-order valence-corrected chi connectivity index (χ4v) is 5.29. The lowest BCUT2D eigenvalue weighted by Crippen LogP contribution is -2.67. The van der Waals surface area contributed by atoms with E-state index in [9.17, 15) is 13.5 Å². The van der Waals surface area contributed by atoms with Crippen LogP contribution in [0, 0.1) is 5.92 Å². The van der Waals surface area contributed by atoms with Crippen molar-refractivity contribution in [3.8, 4) is 0 Å². The van der Waals surface area contributed by atoms with Crippen LogP contribution in [0.25, 0.3) is 0 Å². The van der Waals surface area contributed by atoms with Gasteiger partial charge in [0.15, 0.2) is 0 Å². The third kappa shape index (κ3) is 2.49. The lowest BCUT2D eigenvalue weighted by atomic mass is 9.87. The molecule has 7 heteroatoms. The van der Waals surface area contributed by atoms with Gasteiger partial charge in [-0.2, -0.15) is 4.31 Å². The largest absolute Gasteiger partial charge is 0.396 e. The van der Waals surface area contributed by atoms with Crippen LogP contribution in [0.15, 0.2) is 29.2 Å². The average Bonchev–Trinajstić information content (AvgIpc) is 2.74. The van der Waals surface area contributed by atoms with E-state index in [4.69, 9.17) is 11.6 Å². The van der Waals surface area contributed by atoms with Gasteiger partial charge in [-0.1, -0.05) is 17.7 Å². The first kappa shape index (κ1) is 15.2. The zero-order chi connectivity index (χ0) is 15.3. The Bertz CT molecular complexity index is 643. The van der Waals surface area contributed by atoms with Gasteiger partial charge in [0.2, 0.25) is 10.0 Å². The fraction of sp³-hybridized carbons (Fsp3) is 0.571. The Balaban J connectivity index is 1.77. The van der Waals surface area contributed by atoms with E-state index in [0.29, 0.717) is 18.1 Å². The molecule has 1 aromatic carbocycles. The molecule has 2 saturated heterocycles. The Labute approximate surface area is 130 Å². The van der Waals surface area contributed by atoms with E-state index in [-0.39, 0.29) is 23.0 Å². The van der Waals surface area contributed by atoms with Crippen molar-refractivity contribution in [1.82, 2.24) is 9.21 Å². The first-order valence-electron chi connectivity index (χ1n) is 6.95. The normalized spacial score (nSPS) is 26.1. The number of aliphatic hydroxyl groups is 1. The highest BCUT2D eigenvalue weighted by atomic mass is 35.5. The zero-order valence-electron chi connectivity index (χ0n) is 11.9. The highest BCUT2D eigenvalue weighted by Gasteiger charge is 2.54. The second kappa shape index (κ2) is 5.21. The summed E-state index contributed by atoms with van der Waals surface area (Å²) in [5.41, 5.74) is -0.112. The van der Waals surface area contributed by atoms with Crippen LogP contribution in [0.5, 0.6) is 0 Å². The second-order valence-corrected chi connectivity index (χ2v) is 8.46. The van der Waals surface area contributed by atoms with Crippen LogP contribution < -0.4 is 0 Å². The summed E-state index contributed by atoms with van der Waals surface area (Å²) in [5.74, 6) is 0.242. The van der Waals surface area contributed by atoms with Gasteiger partial charge in [0.25, 0.3) is 0 Å². The summed E-state index contributed by atoms with van der Waals surface area (Å²) in [7, 11) is -1.48. The molecule has 3 rings (SSSR count). The van der Waals surface area contributed by atoms with Gasteiger partial charge in [-0.15, -0.1) is 0 Å². The van der Waals surface area contributed by atoms with Gasteiger partial charge >= 0.3 is 0 Å². The zero-order valence-corrected chi connectivity index (χ0v) is 13.4. The summed E-state index contributed by atoms with van der Waals surface area (Å²) in [6.45, 7) is 1.94. The first-order chi connectivity index (χ1) is 9.87. The fourth-order valence-electron chi connectivity index (χ4n) is 3.39. The van der Waals surface area contributed by atoms with Crippen molar-refractivity contribution < 1.29 is 13.5 Å². The van der Waals surface area contributed by atoms with E-state index in [2.05, 4.69) is 4.90 Å². The highest BCUT2D eigenvalue weighted by molar-refractivity contribution is 7.89. The Hall–Kier alpha value is -0.660. The lowest BCUT2D eigenvalue weighted by molar-refractivity contribution is 0.0374. The molecule has 0 unspecified atom stereocenters. The minimum atomic E-state index is -3.48. The van der Waals surface area contributed by atoms with Crippen LogP contribution in [-0.2, 0) is 10.0 Å². The van der Waals surface area contributed by atoms with Crippen LogP contribution in [0.1, 0.15) is 6.42 Å². The number of hydrogen-bond acceptors (Lipinski definition) is 4. The van der Waals surface area contributed by atoms with E-state index in [1.54, 1.807) is 18.2 Å². The maximum absolute atomic E-state index is 12.6. The summed E-state index contributed by atoms with van der Waals surface area (Å²) in [6, 6.07) is 6.36.